The molecule has 24 heavy (non-hydrogen) atoms. The molecule has 1 heterocycles. The van der Waals surface area contributed by atoms with Crippen molar-refractivity contribution >= 4 is 22.3 Å². The molecule has 1 aromatic heterocycles. The van der Waals surface area contributed by atoms with Crippen LogP contribution in [0.15, 0.2) is 84.9 Å². The minimum absolute atomic E-state index is 0. The summed E-state index contributed by atoms with van der Waals surface area (Å²) in [6, 6.07) is 31.7. The Labute approximate surface area is 155 Å². The third-order valence-corrected chi connectivity index (χ3v) is 3.75. The number of hydrogen-bond acceptors (Lipinski definition) is 2. The third kappa shape index (κ3) is 3.39. The smallest absolute Gasteiger partial charge is 0.121 e. The standard InChI is InChI=1S/C21H15N2.Pt/c1-3-9-16(10-4-1)21-19-14-8-7-11-17(19)15-20(23-21)22-18-12-5-2-6-13-18;/h1-9,11-15H,(H,22,23);/q-1;. The fourth-order valence-electron chi connectivity index (χ4n) is 2.68. The molecule has 120 valence electrons. The van der Waals surface area contributed by atoms with Crippen LogP contribution in [0.1, 0.15) is 0 Å². The first-order valence-corrected chi connectivity index (χ1v) is 7.59. The summed E-state index contributed by atoms with van der Waals surface area (Å²) in [6.07, 6.45) is 0. The van der Waals surface area contributed by atoms with Crippen LogP contribution in [0, 0.1) is 6.07 Å². The number of pyridine rings is 1. The molecule has 0 aliphatic rings. The van der Waals surface area contributed by atoms with Crippen LogP contribution >= 0.6 is 0 Å². The number of fused-ring (bicyclic) bond motifs is 1. The van der Waals surface area contributed by atoms with Crippen molar-refractivity contribution in [2.45, 2.75) is 0 Å². The van der Waals surface area contributed by atoms with Crippen molar-refractivity contribution in [3.63, 3.8) is 0 Å². The van der Waals surface area contributed by atoms with Gasteiger partial charge in [0.15, 0.2) is 0 Å². The maximum Gasteiger partial charge on any atom is 0.121 e. The van der Waals surface area contributed by atoms with E-state index >= 15 is 0 Å². The Morgan fingerprint density at radius 1 is 0.792 bits per heavy atom. The molecule has 0 spiro atoms. The number of nitrogens with zero attached hydrogens (tertiary/aromatic N) is 1. The van der Waals surface area contributed by atoms with Crippen LogP contribution < -0.4 is 5.32 Å². The zero-order valence-electron chi connectivity index (χ0n) is 12.8. The summed E-state index contributed by atoms with van der Waals surface area (Å²) < 4.78 is 0. The first-order valence-electron chi connectivity index (χ1n) is 7.59. The summed E-state index contributed by atoms with van der Waals surface area (Å²) >= 11 is 0. The third-order valence-electron chi connectivity index (χ3n) is 3.75. The van der Waals surface area contributed by atoms with Gasteiger partial charge in [-0.15, -0.1) is 35.9 Å². The van der Waals surface area contributed by atoms with Crippen molar-refractivity contribution in [3.05, 3.63) is 91.0 Å². The summed E-state index contributed by atoms with van der Waals surface area (Å²) in [4.78, 5) is 4.82. The molecule has 4 rings (SSSR count). The quantitative estimate of drug-likeness (QED) is 0.387. The topological polar surface area (TPSA) is 24.9 Å². The maximum absolute atomic E-state index is 4.82. The molecule has 0 radical (unpaired) electrons. The molecule has 2 nitrogen and oxygen atoms in total. The second-order valence-electron chi connectivity index (χ2n) is 5.34. The number of aromatic nitrogens is 1. The Kier molecular flexibility index (Phi) is 5.07. The molecule has 0 aliphatic heterocycles. The first-order chi connectivity index (χ1) is 11.4. The van der Waals surface area contributed by atoms with Gasteiger partial charge in [-0.25, -0.2) is 0 Å². The normalized spacial score (nSPS) is 10.2. The van der Waals surface area contributed by atoms with Gasteiger partial charge in [0, 0.05) is 26.8 Å². The van der Waals surface area contributed by atoms with Gasteiger partial charge in [-0.1, -0.05) is 42.5 Å². The monoisotopic (exact) mass is 490 g/mol. The summed E-state index contributed by atoms with van der Waals surface area (Å²) in [7, 11) is 0. The van der Waals surface area contributed by atoms with Gasteiger partial charge in [-0.05, 0) is 34.7 Å². The predicted molar refractivity (Wildman–Crippen MR) is 95.7 cm³/mol. The number of nitrogens with one attached hydrogen (secondary N) is 1. The Hall–Kier alpha value is -2.44. The average Bonchev–Trinajstić information content (AvgIpc) is 2.63. The largest absolute Gasteiger partial charge is 0.341 e. The van der Waals surface area contributed by atoms with Gasteiger partial charge in [0.2, 0.25) is 0 Å². The van der Waals surface area contributed by atoms with E-state index < -0.39 is 0 Å². The van der Waals surface area contributed by atoms with Crippen LogP contribution in [-0.2, 0) is 21.1 Å². The second-order valence-corrected chi connectivity index (χ2v) is 5.34. The number of benzene rings is 3. The van der Waals surface area contributed by atoms with Gasteiger partial charge in [-0.2, -0.15) is 0 Å². The summed E-state index contributed by atoms with van der Waals surface area (Å²) in [6.45, 7) is 0. The van der Waals surface area contributed by atoms with Crippen LogP contribution in [0.5, 0.6) is 0 Å². The molecule has 3 heteroatoms. The number of anilines is 2. The molecule has 3 aromatic carbocycles. The molecule has 0 saturated carbocycles. The van der Waals surface area contributed by atoms with Crippen molar-refractivity contribution in [3.8, 4) is 11.3 Å². The Morgan fingerprint density at radius 3 is 2.33 bits per heavy atom. The van der Waals surface area contributed by atoms with E-state index in [0.717, 1.165) is 33.5 Å². The fraction of sp³-hybridized carbons (Fsp3) is 0. The average molecular weight is 490 g/mol. The van der Waals surface area contributed by atoms with Crippen molar-refractivity contribution in [2.24, 2.45) is 0 Å². The van der Waals surface area contributed by atoms with Gasteiger partial charge in [0.25, 0.3) is 0 Å². The van der Waals surface area contributed by atoms with Gasteiger partial charge >= 0.3 is 0 Å². The molecular formula is C21H15N2Pt-. The maximum atomic E-state index is 4.82. The molecule has 0 saturated heterocycles. The zero-order chi connectivity index (χ0) is 15.5. The Bertz CT molecular complexity index is 937. The second kappa shape index (κ2) is 7.42. The fourth-order valence-corrected chi connectivity index (χ4v) is 2.68. The predicted octanol–water partition coefficient (Wildman–Crippen LogP) is 5.44. The Morgan fingerprint density at radius 2 is 1.54 bits per heavy atom. The summed E-state index contributed by atoms with van der Waals surface area (Å²) in [5, 5.41) is 5.67. The van der Waals surface area contributed by atoms with E-state index in [9.17, 15) is 0 Å². The molecule has 0 unspecified atom stereocenters. The molecule has 4 aromatic rings. The first kappa shape index (κ1) is 16.4. The SMILES string of the molecule is [Pt].[c-]1ccccc1-c1nc(Nc2ccccc2)cc2ccccc12. The summed E-state index contributed by atoms with van der Waals surface area (Å²) in [5.41, 5.74) is 2.97. The van der Waals surface area contributed by atoms with E-state index in [4.69, 9.17) is 4.98 Å². The molecule has 0 aliphatic carbocycles. The van der Waals surface area contributed by atoms with E-state index in [0.29, 0.717) is 0 Å². The van der Waals surface area contributed by atoms with E-state index in [1.807, 2.05) is 66.7 Å². The number of para-hydroxylation sites is 1. The van der Waals surface area contributed by atoms with Crippen molar-refractivity contribution in [1.82, 2.24) is 4.98 Å². The van der Waals surface area contributed by atoms with Crippen LogP contribution in [0.3, 0.4) is 0 Å². The van der Waals surface area contributed by atoms with Crippen LogP contribution in [0.4, 0.5) is 11.5 Å². The number of rotatable bonds is 3. The van der Waals surface area contributed by atoms with Gasteiger partial charge in [-0.3, -0.25) is 4.98 Å². The van der Waals surface area contributed by atoms with Gasteiger partial charge in [0.1, 0.15) is 5.82 Å². The van der Waals surface area contributed by atoms with E-state index in [1.165, 1.54) is 0 Å². The van der Waals surface area contributed by atoms with Crippen LogP contribution in [0.25, 0.3) is 22.0 Å². The molecule has 0 atom stereocenters. The van der Waals surface area contributed by atoms with E-state index in [2.05, 4.69) is 29.6 Å². The number of hydrogen-bond donors (Lipinski definition) is 1. The molecule has 0 fully saturated rings. The minimum Gasteiger partial charge on any atom is -0.341 e. The molecule has 0 amide bonds. The molecular weight excluding hydrogens is 475 g/mol. The van der Waals surface area contributed by atoms with Gasteiger partial charge in [0.05, 0.1) is 0 Å². The van der Waals surface area contributed by atoms with Crippen molar-refractivity contribution < 1.29 is 21.1 Å². The van der Waals surface area contributed by atoms with Crippen LogP contribution in [0.2, 0.25) is 0 Å². The molecule has 0 bridgehead atoms. The summed E-state index contributed by atoms with van der Waals surface area (Å²) in [5.74, 6) is 0.835. The van der Waals surface area contributed by atoms with E-state index in [1.54, 1.807) is 0 Å². The van der Waals surface area contributed by atoms with Gasteiger partial charge < -0.3 is 5.32 Å². The van der Waals surface area contributed by atoms with Crippen molar-refractivity contribution in [1.29, 1.82) is 0 Å². The Balaban J connectivity index is 0.00000169. The van der Waals surface area contributed by atoms with Crippen molar-refractivity contribution in [2.75, 3.05) is 5.32 Å². The zero-order valence-corrected chi connectivity index (χ0v) is 15.1. The minimum atomic E-state index is 0. The van der Waals surface area contributed by atoms with E-state index in [-0.39, 0.29) is 21.1 Å². The molecule has 1 N–H and O–H groups in total. The van der Waals surface area contributed by atoms with Crippen LogP contribution in [-0.4, -0.2) is 4.98 Å².